The van der Waals surface area contributed by atoms with Gasteiger partial charge in [0, 0.05) is 25.7 Å². The summed E-state index contributed by atoms with van der Waals surface area (Å²) in [5.74, 6) is 0.220. The predicted molar refractivity (Wildman–Crippen MR) is 82.1 cm³/mol. The molecule has 112 valence electrons. The molecule has 0 bridgehead atoms. The molecule has 1 heterocycles. The number of hydrogen-bond acceptors (Lipinski definition) is 4. The van der Waals surface area contributed by atoms with E-state index in [1.165, 1.54) is 5.56 Å². The minimum atomic E-state index is 0.0266. The lowest BCUT2D eigenvalue weighted by Gasteiger charge is -2.18. The zero-order valence-corrected chi connectivity index (χ0v) is 12.1. The van der Waals surface area contributed by atoms with Crippen LogP contribution in [0.3, 0.4) is 0 Å². The molecule has 2 aromatic rings. The number of nitrogens with zero attached hydrogens (tertiary/aromatic N) is 3. The van der Waals surface area contributed by atoms with E-state index in [1.54, 1.807) is 4.68 Å². The van der Waals surface area contributed by atoms with Crippen LogP contribution in [0.5, 0.6) is 0 Å². The van der Waals surface area contributed by atoms with Gasteiger partial charge in [-0.25, -0.2) is 0 Å². The highest BCUT2D eigenvalue weighted by Gasteiger charge is 2.12. The van der Waals surface area contributed by atoms with Crippen molar-refractivity contribution >= 4 is 5.84 Å². The molecule has 2 rings (SSSR count). The molecule has 1 unspecified atom stereocenters. The van der Waals surface area contributed by atoms with Gasteiger partial charge in [0.05, 0.1) is 6.20 Å². The smallest absolute Gasteiger partial charge is 0.141 e. The standard InChI is InChI=1S/C15H21N5O/c1-20-11-12(10-18-20)7-8-17-14(9-15(16)19-21)13-5-3-2-4-6-13/h2-6,10-11,14,17,21H,7-9H2,1H3,(H2,16,19). The Kier molecular flexibility index (Phi) is 5.34. The zero-order valence-electron chi connectivity index (χ0n) is 12.1. The van der Waals surface area contributed by atoms with Crippen molar-refractivity contribution in [3.8, 4) is 0 Å². The van der Waals surface area contributed by atoms with Crippen molar-refractivity contribution in [2.24, 2.45) is 17.9 Å². The first-order valence-electron chi connectivity index (χ1n) is 6.91. The monoisotopic (exact) mass is 287 g/mol. The number of aromatic nitrogens is 2. The second-order valence-corrected chi connectivity index (χ2v) is 4.99. The Hall–Kier alpha value is -2.34. The van der Waals surface area contributed by atoms with Crippen molar-refractivity contribution in [2.75, 3.05) is 6.54 Å². The number of nitrogens with two attached hydrogens (primary N) is 1. The lowest BCUT2D eigenvalue weighted by molar-refractivity contribution is 0.315. The Balaban J connectivity index is 1.96. The van der Waals surface area contributed by atoms with Crippen LogP contribution in [0.25, 0.3) is 0 Å². The summed E-state index contributed by atoms with van der Waals surface area (Å²) in [6.45, 7) is 0.796. The zero-order chi connectivity index (χ0) is 15.1. The lowest BCUT2D eigenvalue weighted by Crippen LogP contribution is -2.28. The second kappa shape index (κ2) is 7.44. The van der Waals surface area contributed by atoms with E-state index in [-0.39, 0.29) is 11.9 Å². The highest BCUT2D eigenvalue weighted by molar-refractivity contribution is 5.80. The van der Waals surface area contributed by atoms with Crippen molar-refractivity contribution in [1.29, 1.82) is 0 Å². The van der Waals surface area contributed by atoms with Crippen LogP contribution in [0.15, 0.2) is 47.9 Å². The van der Waals surface area contributed by atoms with Crippen molar-refractivity contribution in [1.82, 2.24) is 15.1 Å². The first-order chi connectivity index (χ1) is 10.2. The van der Waals surface area contributed by atoms with E-state index in [0.717, 1.165) is 18.5 Å². The maximum absolute atomic E-state index is 8.76. The highest BCUT2D eigenvalue weighted by Crippen LogP contribution is 2.16. The molecule has 21 heavy (non-hydrogen) atoms. The average molecular weight is 287 g/mol. The first-order valence-corrected chi connectivity index (χ1v) is 6.91. The molecular formula is C15H21N5O. The Bertz CT molecular complexity index is 579. The summed E-state index contributed by atoms with van der Waals surface area (Å²) in [5, 5.41) is 19.4. The largest absolute Gasteiger partial charge is 0.409 e. The molecule has 0 saturated carbocycles. The van der Waals surface area contributed by atoms with E-state index < -0.39 is 0 Å². The SMILES string of the molecule is Cn1cc(CCNC(C/C(N)=N/O)c2ccccc2)cn1. The van der Waals surface area contributed by atoms with E-state index in [1.807, 2.05) is 49.8 Å². The van der Waals surface area contributed by atoms with Crippen molar-refractivity contribution in [3.05, 3.63) is 53.9 Å². The third-order valence-electron chi connectivity index (χ3n) is 3.31. The maximum atomic E-state index is 8.76. The van der Waals surface area contributed by atoms with Crippen molar-refractivity contribution in [3.63, 3.8) is 0 Å². The van der Waals surface area contributed by atoms with Gasteiger partial charge in [-0.3, -0.25) is 4.68 Å². The number of oxime groups is 1. The summed E-state index contributed by atoms with van der Waals surface area (Å²) in [6.07, 6.45) is 5.21. The molecule has 0 amide bonds. The quantitative estimate of drug-likeness (QED) is 0.311. The molecule has 0 saturated heterocycles. The summed E-state index contributed by atoms with van der Waals surface area (Å²) in [6, 6.07) is 10.0. The molecular weight excluding hydrogens is 266 g/mol. The van der Waals surface area contributed by atoms with Crippen molar-refractivity contribution in [2.45, 2.75) is 18.9 Å². The van der Waals surface area contributed by atoms with E-state index in [2.05, 4.69) is 15.6 Å². The van der Waals surface area contributed by atoms with Crippen LogP contribution in [0.1, 0.15) is 23.6 Å². The lowest BCUT2D eigenvalue weighted by atomic mass is 10.0. The third kappa shape index (κ3) is 4.61. The highest BCUT2D eigenvalue weighted by atomic mass is 16.4. The molecule has 1 atom stereocenters. The van der Waals surface area contributed by atoms with Crippen LogP contribution in [0.4, 0.5) is 0 Å². The third-order valence-corrected chi connectivity index (χ3v) is 3.31. The molecule has 0 radical (unpaired) electrons. The molecule has 6 heteroatoms. The van der Waals surface area contributed by atoms with Gasteiger partial charge in [-0.05, 0) is 24.1 Å². The second-order valence-electron chi connectivity index (χ2n) is 4.99. The van der Waals surface area contributed by atoms with Crippen LogP contribution in [0, 0.1) is 0 Å². The Morgan fingerprint density at radius 3 is 2.81 bits per heavy atom. The Morgan fingerprint density at radius 2 is 2.19 bits per heavy atom. The van der Waals surface area contributed by atoms with Crippen LogP contribution in [-0.4, -0.2) is 27.4 Å². The molecule has 0 aliphatic carbocycles. The van der Waals surface area contributed by atoms with Gasteiger partial charge in [0.2, 0.25) is 0 Å². The number of rotatable bonds is 7. The fraction of sp³-hybridized carbons (Fsp3) is 0.333. The van der Waals surface area contributed by atoms with E-state index in [0.29, 0.717) is 6.42 Å². The topological polar surface area (TPSA) is 88.5 Å². The van der Waals surface area contributed by atoms with E-state index in [9.17, 15) is 0 Å². The molecule has 0 spiro atoms. The summed E-state index contributed by atoms with van der Waals surface area (Å²) < 4.78 is 1.79. The van der Waals surface area contributed by atoms with Gasteiger partial charge < -0.3 is 16.3 Å². The normalized spacial score (nSPS) is 13.3. The molecule has 4 N–H and O–H groups in total. The molecule has 1 aromatic heterocycles. The van der Waals surface area contributed by atoms with E-state index in [4.69, 9.17) is 10.9 Å². The fourth-order valence-electron chi connectivity index (χ4n) is 2.23. The Labute approximate surface area is 124 Å². The van der Waals surface area contributed by atoms with Gasteiger partial charge in [0.15, 0.2) is 0 Å². The summed E-state index contributed by atoms with van der Waals surface area (Å²) in [7, 11) is 1.90. The first kappa shape index (κ1) is 15.1. The number of aryl methyl sites for hydroxylation is 1. The number of nitrogens with one attached hydrogen (secondary N) is 1. The molecule has 1 aromatic carbocycles. The van der Waals surface area contributed by atoms with Crippen LogP contribution in [-0.2, 0) is 13.5 Å². The molecule has 0 fully saturated rings. The van der Waals surface area contributed by atoms with Gasteiger partial charge in [-0.2, -0.15) is 5.10 Å². The summed E-state index contributed by atoms with van der Waals surface area (Å²) >= 11 is 0. The van der Waals surface area contributed by atoms with Gasteiger partial charge in [0.25, 0.3) is 0 Å². The van der Waals surface area contributed by atoms with Gasteiger partial charge >= 0.3 is 0 Å². The Morgan fingerprint density at radius 1 is 1.43 bits per heavy atom. The van der Waals surface area contributed by atoms with Crippen molar-refractivity contribution < 1.29 is 5.21 Å². The minimum Gasteiger partial charge on any atom is -0.409 e. The van der Waals surface area contributed by atoms with Crippen LogP contribution < -0.4 is 11.1 Å². The average Bonchev–Trinajstić information content (AvgIpc) is 2.92. The molecule has 0 aliphatic heterocycles. The number of hydrogen-bond donors (Lipinski definition) is 3. The minimum absolute atomic E-state index is 0.0266. The molecule has 0 aliphatic rings. The molecule has 6 nitrogen and oxygen atoms in total. The van der Waals surface area contributed by atoms with Gasteiger partial charge in [-0.15, -0.1) is 0 Å². The van der Waals surface area contributed by atoms with Gasteiger partial charge in [0.1, 0.15) is 5.84 Å². The maximum Gasteiger partial charge on any atom is 0.141 e. The number of amidine groups is 1. The van der Waals surface area contributed by atoms with Crippen LogP contribution in [0.2, 0.25) is 0 Å². The van der Waals surface area contributed by atoms with Gasteiger partial charge in [-0.1, -0.05) is 35.5 Å². The summed E-state index contributed by atoms with van der Waals surface area (Å²) in [5.41, 5.74) is 7.95. The fourth-order valence-corrected chi connectivity index (χ4v) is 2.23. The summed E-state index contributed by atoms with van der Waals surface area (Å²) in [4.78, 5) is 0. The van der Waals surface area contributed by atoms with Crippen LogP contribution >= 0.6 is 0 Å². The van der Waals surface area contributed by atoms with E-state index >= 15 is 0 Å². The predicted octanol–water partition coefficient (Wildman–Crippen LogP) is 1.43. The number of benzene rings is 1.